The molecule has 0 unspecified atom stereocenters. The second kappa shape index (κ2) is 4.57. The molecule has 0 spiro atoms. The van der Waals surface area contributed by atoms with Crippen LogP contribution in [-0.4, -0.2) is 21.7 Å². The molecular weight excluding hydrogens is 224 g/mol. The minimum Gasteiger partial charge on any atom is -0.549 e. The molecule has 0 amide bonds. The van der Waals surface area contributed by atoms with Crippen LogP contribution in [0.3, 0.4) is 0 Å². The third-order valence-corrected chi connectivity index (χ3v) is 3.37. The Kier molecular flexibility index (Phi) is 3.14. The minimum absolute atomic E-state index is 0.0157. The minimum atomic E-state index is -1.05. The van der Waals surface area contributed by atoms with Gasteiger partial charge in [-0.1, -0.05) is 12.1 Å². The number of carboxylic acid groups (broad SMARTS) is 1. The first-order valence-electron chi connectivity index (χ1n) is 4.93. The van der Waals surface area contributed by atoms with Crippen molar-refractivity contribution in [3.05, 3.63) is 30.1 Å². The molecule has 2 rings (SSSR count). The second-order valence-corrected chi connectivity index (χ2v) is 4.79. The van der Waals surface area contributed by atoms with Gasteiger partial charge in [-0.25, -0.2) is 4.98 Å². The van der Waals surface area contributed by atoms with Crippen molar-refractivity contribution in [2.75, 3.05) is 5.75 Å². The number of aromatic nitrogens is 2. The van der Waals surface area contributed by atoms with E-state index in [0.29, 0.717) is 0 Å². The number of rotatable bonds is 4. The van der Waals surface area contributed by atoms with Crippen LogP contribution in [0.15, 0.2) is 24.3 Å². The molecule has 0 aliphatic heterocycles. The molecule has 4 nitrogen and oxygen atoms in total. The van der Waals surface area contributed by atoms with Gasteiger partial charge >= 0.3 is 0 Å². The van der Waals surface area contributed by atoms with Crippen LogP contribution in [0.1, 0.15) is 18.0 Å². The van der Waals surface area contributed by atoms with Crippen molar-refractivity contribution >= 4 is 28.8 Å². The highest BCUT2D eigenvalue weighted by atomic mass is 32.2. The summed E-state index contributed by atoms with van der Waals surface area (Å²) in [6.07, 6.45) is 0. The Morgan fingerprint density at radius 2 is 2.31 bits per heavy atom. The van der Waals surface area contributed by atoms with E-state index in [4.69, 9.17) is 0 Å². The van der Waals surface area contributed by atoms with Gasteiger partial charge in [0.1, 0.15) is 5.82 Å². The quantitative estimate of drug-likeness (QED) is 0.861. The van der Waals surface area contributed by atoms with Crippen LogP contribution < -0.4 is 5.11 Å². The van der Waals surface area contributed by atoms with Gasteiger partial charge in [0.15, 0.2) is 0 Å². The number of nitrogens with zero attached hydrogens (tertiary/aromatic N) is 1. The number of carboxylic acids is 1. The van der Waals surface area contributed by atoms with E-state index in [9.17, 15) is 9.90 Å². The van der Waals surface area contributed by atoms with Gasteiger partial charge in [-0.05, 0) is 19.1 Å². The number of hydrogen-bond acceptors (Lipinski definition) is 4. The highest BCUT2D eigenvalue weighted by Crippen LogP contribution is 2.27. The lowest BCUT2D eigenvalue weighted by atomic mass is 10.3. The highest BCUT2D eigenvalue weighted by molar-refractivity contribution is 8.00. The van der Waals surface area contributed by atoms with Crippen LogP contribution >= 0.6 is 11.8 Å². The maximum atomic E-state index is 10.3. The van der Waals surface area contributed by atoms with Crippen molar-refractivity contribution in [3.8, 4) is 0 Å². The first-order valence-corrected chi connectivity index (χ1v) is 5.98. The molecule has 5 heteroatoms. The van der Waals surface area contributed by atoms with Crippen molar-refractivity contribution < 1.29 is 9.90 Å². The maximum Gasteiger partial charge on any atom is 0.120 e. The normalized spacial score (nSPS) is 12.8. The smallest absolute Gasteiger partial charge is 0.120 e. The van der Waals surface area contributed by atoms with Gasteiger partial charge < -0.3 is 14.9 Å². The molecule has 0 aliphatic carbocycles. The Bertz CT molecular complexity index is 476. The summed E-state index contributed by atoms with van der Waals surface area (Å²) >= 11 is 1.30. The number of aliphatic carboxylic acids is 1. The third-order valence-electron chi connectivity index (χ3n) is 2.24. The summed E-state index contributed by atoms with van der Waals surface area (Å²) in [5.41, 5.74) is 1.87. The van der Waals surface area contributed by atoms with E-state index in [1.54, 1.807) is 0 Å². The van der Waals surface area contributed by atoms with Crippen LogP contribution in [0.2, 0.25) is 0 Å². The molecular formula is C11H11N2O2S-. The highest BCUT2D eigenvalue weighted by Gasteiger charge is 2.10. The molecule has 1 N–H and O–H groups in total. The van der Waals surface area contributed by atoms with Gasteiger partial charge in [-0.2, -0.15) is 0 Å². The summed E-state index contributed by atoms with van der Waals surface area (Å²) in [7, 11) is 0. The lowest BCUT2D eigenvalue weighted by Gasteiger charge is -2.08. The number of hydrogen-bond donors (Lipinski definition) is 1. The zero-order valence-corrected chi connectivity index (χ0v) is 9.58. The van der Waals surface area contributed by atoms with Crippen LogP contribution in [0, 0.1) is 0 Å². The maximum absolute atomic E-state index is 10.3. The summed E-state index contributed by atoms with van der Waals surface area (Å²) in [6.45, 7) is 1.92. The number of para-hydroxylation sites is 2. The number of H-pyrrole nitrogens is 1. The van der Waals surface area contributed by atoms with E-state index in [-0.39, 0.29) is 11.0 Å². The van der Waals surface area contributed by atoms with Gasteiger partial charge in [-0.15, -0.1) is 11.8 Å². The Labute approximate surface area is 97.1 Å². The third kappa shape index (κ3) is 2.36. The van der Waals surface area contributed by atoms with Gasteiger partial charge in [-0.3, -0.25) is 0 Å². The Hall–Kier alpha value is -1.49. The number of aromatic amines is 1. The fourth-order valence-electron chi connectivity index (χ4n) is 1.44. The summed E-state index contributed by atoms with van der Waals surface area (Å²) in [5.74, 6) is -0.265. The summed E-state index contributed by atoms with van der Waals surface area (Å²) in [4.78, 5) is 17.9. The van der Waals surface area contributed by atoms with Crippen molar-refractivity contribution in [2.24, 2.45) is 0 Å². The lowest BCUT2D eigenvalue weighted by molar-refractivity contribution is -0.301. The average Bonchev–Trinajstić information content (AvgIpc) is 2.69. The number of fused-ring (bicyclic) bond motifs is 1. The van der Waals surface area contributed by atoms with Crippen LogP contribution in [0.25, 0.3) is 11.0 Å². The summed E-state index contributed by atoms with van der Waals surface area (Å²) in [6, 6.07) is 7.72. The first kappa shape index (κ1) is 11.0. The average molecular weight is 235 g/mol. The van der Waals surface area contributed by atoms with E-state index < -0.39 is 5.97 Å². The SMILES string of the molecule is C[C@@H](SCC(=O)[O-])c1nc2ccccc2[nH]1. The van der Waals surface area contributed by atoms with E-state index in [0.717, 1.165) is 16.9 Å². The van der Waals surface area contributed by atoms with Crippen LogP contribution in [-0.2, 0) is 4.79 Å². The zero-order valence-electron chi connectivity index (χ0n) is 8.77. The Morgan fingerprint density at radius 1 is 1.56 bits per heavy atom. The van der Waals surface area contributed by atoms with Gasteiger partial charge in [0.05, 0.1) is 22.3 Å². The van der Waals surface area contributed by atoms with E-state index in [1.165, 1.54) is 11.8 Å². The molecule has 2 aromatic rings. The van der Waals surface area contributed by atoms with Crippen molar-refractivity contribution in [1.82, 2.24) is 9.97 Å². The van der Waals surface area contributed by atoms with E-state index in [2.05, 4.69) is 9.97 Å². The zero-order chi connectivity index (χ0) is 11.5. The predicted octanol–water partition coefficient (Wildman–Crippen LogP) is 1.11. The van der Waals surface area contributed by atoms with Crippen LogP contribution in [0.4, 0.5) is 0 Å². The predicted molar refractivity (Wildman–Crippen MR) is 62.0 cm³/mol. The summed E-state index contributed by atoms with van der Waals surface area (Å²) in [5, 5.41) is 10.4. The molecule has 1 atom stereocenters. The first-order chi connectivity index (χ1) is 7.66. The number of benzene rings is 1. The van der Waals surface area contributed by atoms with Crippen molar-refractivity contribution in [3.63, 3.8) is 0 Å². The molecule has 16 heavy (non-hydrogen) atoms. The topological polar surface area (TPSA) is 68.8 Å². The van der Waals surface area contributed by atoms with Crippen LogP contribution in [0.5, 0.6) is 0 Å². The molecule has 0 fully saturated rings. The largest absolute Gasteiger partial charge is 0.549 e. The number of nitrogens with one attached hydrogen (secondary N) is 1. The monoisotopic (exact) mass is 235 g/mol. The van der Waals surface area contributed by atoms with E-state index in [1.807, 2.05) is 31.2 Å². The van der Waals surface area contributed by atoms with Gasteiger partial charge in [0.2, 0.25) is 0 Å². The lowest BCUT2D eigenvalue weighted by Crippen LogP contribution is -2.24. The fraction of sp³-hybridized carbons (Fsp3) is 0.273. The molecule has 0 saturated heterocycles. The Morgan fingerprint density at radius 3 is 3.00 bits per heavy atom. The number of thioether (sulfide) groups is 1. The fourth-order valence-corrected chi connectivity index (χ4v) is 2.09. The standard InChI is InChI=1S/C11H12N2O2S/c1-7(16-6-10(14)15)11-12-8-4-2-3-5-9(8)13-11/h2-5,7H,6H2,1H3,(H,12,13)(H,14,15)/p-1/t7-/m1/s1. The molecule has 0 saturated carbocycles. The molecule has 0 aliphatic rings. The van der Waals surface area contributed by atoms with Gasteiger partial charge in [0.25, 0.3) is 0 Å². The number of carbonyl (C=O) groups is 1. The summed E-state index contributed by atoms with van der Waals surface area (Å²) < 4.78 is 0. The number of carbonyl (C=O) groups excluding carboxylic acids is 1. The molecule has 1 aromatic heterocycles. The molecule has 1 aromatic carbocycles. The van der Waals surface area contributed by atoms with Gasteiger partial charge in [0, 0.05) is 5.75 Å². The van der Waals surface area contributed by atoms with Crippen molar-refractivity contribution in [2.45, 2.75) is 12.2 Å². The number of imidazole rings is 1. The molecule has 0 radical (unpaired) electrons. The molecule has 0 bridgehead atoms. The Balaban J connectivity index is 2.16. The van der Waals surface area contributed by atoms with E-state index >= 15 is 0 Å². The molecule has 84 valence electrons. The molecule has 1 heterocycles. The van der Waals surface area contributed by atoms with Crippen molar-refractivity contribution in [1.29, 1.82) is 0 Å². The second-order valence-electron chi connectivity index (χ2n) is 3.46.